The molecule has 1 aliphatic rings. The van der Waals surface area contributed by atoms with Crippen LogP contribution in [0.1, 0.15) is 62.6 Å². The standard InChI is InChI=1S/C44H54N5O15PS/c1-26-23-49(41(55)48-38(26)51)37-21-34(64-65(57,66)61-24-33(47-42(56)63-43(3,4)5)39(52)45-22-36(50)46-27(2)40(53)54)35(62-37)25-60-44(28-11-9-8-10-12-28,29-13-17-31(58-6)18-14-29)30-15-19-32(59-7)20-16-30/h8-20,23,27,33-35,37H,21-22,24-25H2,1-7H3,(H,45,52)(H,46,50)(H,47,56)(H,53,54)(H,57,66)(H,48,51,55)/t27-,33-,34-,35+,37+,65?/m0/s1. The fourth-order valence-electron chi connectivity index (χ4n) is 6.86. The van der Waals surface area contributed by atoms with Gasteiger partial charge < -0.3 is 58.7 Å². The summed E-state index contributed by atoms with van der Waals surface area (Å²) in [4.78, 5) is 89.1. The molecule has 0 radical (unpaired) electrons. The molecule has 1 aromatic heterocycles. The Labute approximate surface area is 385 Å². The number of aromatic nitrogens is 2. The molecule has 4 aromatic rings. The first-order chi connectivity index (χ1) is 31.1. The number of rotatable bonds is 20. The SMILES string of the molecule is COc1ccc(C(OC[C@H]2O[C@@H](n3cc(C)c(=O)[nH]c3=O)C[C@@H]2OP(O)(=S)OC[C@H](NC(=O)OC(C)(C)C)C(=O)NCC(=O)N[C@@H](C)C(=O)O)(c2ccccc2)c2ccc(OC)cc2)cc1. The zero-order valence-corrected chi connectivity index (χ0v) is 39.0. The van der Waals surface area contributed by atoms with E-state index in [4.69, 9.17) is 49.6 Å². The van der Waals surface area contributed by atoms with Crippen LogP contribution in [0.5, 0.6) is 11.5 Å². The van der Waals surface area contributed by atoms with Crippen LogP contribution in [0.4, 0.5) is 4.79 Å². The molecule has 356 valence electrons. The minimum atomic E-state index is -4.42. The second-order valence-electron chi connectivity index (χ2n) is 16.1. The Kier molecular flexibility index (Phi) is 17.0. The van der Waals surface area contributed by atoms with Gasteiger partial charge in [-0.2, -0.15) is 0 Å². The topological polar surface area (TPSA) is 264 Å². The quantitative estimate of drug-likeness (QED) is 0.0548. The Hall–Kier alpha value is -5.93. The molecule has 2 heterocycles. The highest BCUT2D eigenvalue weighted by molar-refractivity contribution is 8.07. The number of nitrogens with zero attached hydrogens (tertiary/aromatic N) is 1. The van der Waals surface area contributed by atoms with Gasteiger partial charge in [0.15, 0.2) is 0 Å². The Morgan fingerprint density at radius 2 is 1.50 bits per heavy atom. The maximum Gasteiger partial charge on any atom is 0.408 e. The molecule has 1 fully saturated rings. The van der Waals surface area contributed by atoms with Gasteiger partial charge >= 0.3 is 24.5 Å². The largest absolute Gasteiger partial charge is 0.497 e. The number of benzene rings is 3. The molecule has 0 aliphatic carbocycles. The summed E-state index contributed by atoms with van der Waals surface area (Å²) in [6, 6.07) is 21.1. The molecule has 6 N–H and O–H groups in total. The summed E-state index contributed by atoms with van der Waals surface area (Å²) in [7, 11) is 3.10. The van der Waals surface area contributed by atoms with Crippen LogP contribution in [-0.4, -0.2) is 107 Å². The van der Waals surface area contributed by atoms with Crippen molar-refractivity contribution in [2.75, 3.05) is 34.0 Å². The van der Waals surface area contributed by atoms with Crippen molar-refractivity contribution in [2.45, 2.75) is 82.8 Å². The fraction of sp³-hybridized carbons (Fsp3) is 0.409. The number of aliphatic carboxylic acids is 1. The van der Waals surface area contributed by atoms with E-state index in [2.05, 4.69) is 20.9 Å². The van der Waals surface area contributed by atoms with E-state index in [0.29, 0.717) is 28.2 Å². The van der Waals surface area contributed by atoms with E-state index >= 15 is 0 Å². The van der Waals surface area contributed by atoms with Gasteiger partial charge in [0.25, 0.3) is 5.56 Å². The number of aryl methyl sites for hydroxylation is 1. The van der Waals surface area contributed by atoms with Crippen molar-refractivity contribution < 1.29 is 61.9 Å². The molecule has 1 aliphatic heterocycles. The van der Waals surface area contributed by atoms with Crippen molar-refractivity contribution in [1.82, 2.24) is 25.5 Å². The molecule has 3 amide bonds. The lowest BCUT2D eigenvalue weighted by atomic mass is 9.80. The number of carboxylic acids is 1. The lowest BCUT2D eigenvalue weighted by Crippen LogP contribution is -2.52. The average molecular weight is 956 g/mol. The van der Waals surface area contributed by atoms with E-state index in [1.807, 2.05) is 54.6 Å². The van der Waals surface area contributed by atoms with E-state index in [0.717, 1.165) is 0 Å². The number of ether oxygens (including phenoxy) is 5. The predicted octanol–water partition coefficient (Wildman–Crippen LogP) is 3.38. The van der Waals surface area contributed by atoms with Crippen molar-refractivity contribution in [1.29, 1.82) is 0 Å². The molecule has 0 spiro atoms. The number of carbonyl (C=O) groups excluding carboxylic acids is 3. The minimum Gasteiger partial charge on any atom is -0.497 e. The van der Waals surface area contributed by atoms with E-state index in [-0.39, 0.29) is 18.6 Å². The summed E-state index contributed by atoms with van der Waals surface area (Å²) in [5.74, 6) is -1.94. The lowest BCUT2D eigenvalue weighted by molar-refractivity contribution is -0.141. The van der Waals surface area contributed by atoms with Crippen LogP contribution in [0, 0.1) is 6.92 Å². The molecule has 1 unspecified atom stereocenters. The van der Waals surface area contributed by atoms with E-state index in [9.17, 15) is 33.7 Å². The number of alkyl carbamates (subject to hydrolysis) is 1. The van der Waals surface area contributed by atoms with Gasteiger partial charge in [0.2, 0.25) is 11.8 Å². The number of hydrogen-bond acceptors (Lipinski definition) is 14. The number of carboxylic acid groups (broad SMARTS) is 1. The van der Waals surface area contributed by atoms with Gasteiger partial charge in [0.05, 0.1) is 40.1 Å². The molecular weight excluding hydrogens is 902 g/mol. The summed E-state index contributed by atoms with van der Waals surface area (Å²) in [5, 5.41) is 15.9. The van der Waals surface area contributed by atoms with Crippen LogP contribution >= 0.6 is 6.72 Å². The highest BCUT2D eigenvalue weighted by Crippen LogP contribution is 2.49. The first kappa shape index (κ1) is 51.1. The third-order valence-electron chi connectivity index (χ3n) is 10.1. The molecule has 20 nitrogen and oxygen atoms in total. The average Bonchev–Trinajstić information content (AvgIpc) is 3.66. The second kappa shape index (κ2) is 22.0. The summed E-state index contributed by atoms with van der Waals surface area (Å²) >= 11 is 5.46. The third kappa shape index (κ3) is 13.3. The third-order valence-corrected chi connectivity index (χ3v) is 11.7. The zero-order chi connectivity index (χ0) is 48.4. The molecule has 5 rings (SSSR count). The second-order valence-corrected chi connectivity index (χ2v) is 18.9. The van der Waals surface area contributed by atoms with E-state index in [1.54, 1.807) is 59.3 Å². The monoisotopic (exact) mass is 955 g/mol. The van der Waals surface area contributed by atoms with Gasteiger partial charge in [0.1, 0.15) is 47.1 Å². The van der Waals surface area contributed by atoms with Crippen molar-refractivity contribution in [3.8, 4) is 11.5 Å². The molecule has 1 saturated heterocycles. The van der Waals surface area contributed by atoms with Gasteiger partial charge in [0, 0.05) is 18.2 Å². The molecule has 3 aromatic carbocycles. The molecule has 22 heteroatoms. The van der Waals surface area contributed by atoms with Gasteiger partial charge in [-0.1, -0.05) is 54.6 Å². The Morgan fingerprint density at radius 1 is 0.924 bits per heavy atom. The Balaban J connectivity index is 1.47. The Morgan fingerprint density at radius 3 is 2.05 bits per heavy atom. The van der Waals surface area contributed by atoms with Crippen LogP contribution < -0.4 is 36.7 Å². The molecule has 66 heavy (non-hydrogen) atoms. The number of amides is 3. The number of H-pyrrole nitrogens is 1. The lowest BCUT2D eigenvalue weighted by Gasteiger charge is -2.37. The number of nitrogens with one attached hydrogen (secondary N) is 4. The Bertz CT molecular complexity index is 2450. The van der Waals surface area contributed by atoms with Crippen LogP contribution in [0.2, 0.25) is 0 Å². The first-order valence-corrected chi connectivity index (χ1v) is 23.1. The highest BCUT2D eigenvalue weighted by Gasteiger charge is 2.45. The summed E-state index contributed by atoms with van der Waals surface area (Å²) in [6.07, 6.45) is -3.21. The van der Waals surface area contributed by atoms with Gasteiger partial charge in [-0.3, -0.25) is 28.7 Å². The number of methoxy groups -OCH3 is 2. The van der Waals surface area contributed by atoms with Crippen LogP contribution in [0.15, 0.2) is 94.6 Å². The smallest absolute Gasteiger partial charge is 0.408 e. The van der Waals surface area contributed by atoms with E-state index in [1.165, 1.54) is 24.6 Å². The molecule has 0 bridgehead atoms. The highest BCUT2D eigenvalue weighted by atomic mass is 32.5. The number of aromatic amines is 1. The maximum atomic E-state index is 13.4. The van der Waals surface area contributed by atoms with Crippen LogP contribution in [0.25, 0.3) is 0 Å². The van der Waals surface area contributed by atoms with E-state index < -0.39 is 96.7 Å². The first-order valence-electron chi connectivity index (χ1n) is 20.6. The van der Waals surface area contributed by atoms with Crippen molar-refractivity contribution in [3.05, 3.63) is 128 Å². The minimum absolute atomic E-state index is 0.130. The molecule has 0 saturated carbocycles. The van der Waals surface area contributed by atoms with Crippen LogP contribution in [-0.2, 0) is 55.0 Å². The normalized spacial score (nSPS) is 18.0. The fourth-order valence-corrected chi connectivity index (χ4v) is 8.34. The summed E-state index contributed by atoms with van der Waals surface area (Å²) in [5.41, 5.74) is -1.41. The van der Waals surface area contributed by atoms with Crippen LogP contribution in [0.3, 0.4) is 0 Å². The summed E-state index contributed by atoms with van der Waals surface area (Å²) in [6.45, 7) is 1.33. The van der Waals surface area contributed by atoms with Crippen molar-refractivity contribution >= 4 is 42.4 Å². The van der Waals surface area contributed by atoms with Gasteiger partial charge in [-0.15, -0.1) is 0 Å². The van der Waals surface area contributed by atoms with Crippen molar-refractivity contribution in [2.24, 2.45) is 0 Å². The maximum absolute atomic E-state index is 13.4. The molecule has 6 atom stereocenters. The van der Waals surface area contributed by atoms with Gasteiger partial charge in [-0.25, -0.2) is 9.59 Å². The zero-order valence-electron chi connectivity index (χ0n) is 37.3. The van der Waals surface area contributed by atoms with Crippen molar-refractivity contribution in [3.63, 3.8) is 0 Å². The van der Waals surface area contributed by atoms with Gasteiger partial charge in [-0.05, 0) is 87.4 Å². The predicted molar refractivity (Wildman–Crippen MR) is 242 cm³/mol. The summed E-state index contributed by atoms with van der Waals surface area (Å²) < 4.78 is 42.7. The number of carbonyl (C=O) groups is 4. The number of hydrogen-bond donors (Lipinski definition) is 6. The molecular formula is C44H54N5O15PS.